The van der Waals surface area contributed by atoms with Crippen LogP contribution in [0.3, 0.4) is 0 Å². The van der Waals surface area contributed by atoms with Gasteiger partial charge in [-0.25, -0.2) is 4.39 Å². The monoisotopic (exact) mass is 216 g/mol. The van der Waals surface area contributed by atoms with Crippen LogP contribution < -0.4 is 5.32 Å². The van der Waals surface area contributed by atoms with Gasteiger partial charge < -0.3 is 5.32 Å². The van der Waals surface area contributed by atoms with E-state index in [-0.39, 0.29) is 5.82 Å². The van der Waals surface area contributed by atoms with Crippen LogP contribution in [0.4, 0.5) is 10.1 Å². The third-order valence-corrected chi connectivity index (χ3v) is 2.40. The Labute approximate surface area is 94.2 Å². The number of nitrogens with zero attached hydrogens (tertiary/aromatic N) is 1. The van der Waals surface area contributed by atoms with Crippen LogP contribution in [0.25, 0.3) is 0 Å². The molecule has 3 heteroatoms. The molecule has 1 aromatic heterocycles. The van der Waals surface area contributed by atoms with E-state index in [1.54, 1.807) is 18.3 Å². The SMILES string of the molecule is Cc1ncccc1NCc1ccc(F)cc1. The quantitative estimate of drug-likeness (QED) is 0.852. The summed E-state index contributed by atoms with van der Waals surface area (Å²) in [4.78, 5) is 4.18. The molecule has 0 saturated heterocycles. The summed E-state index contributed by atoms with van der Waals surface area (Å²) in [6.07, 6.45) is 1.76. The van der Waals surface area contributed by atoms with Crippen molar-refractivity contribution in [3.8, 4) is 0 Å². The second-order valence-electron chi connectivity index (χ2n) is 3.62. The van der Waals surface area contributed by atoms with Crippen LogP contribution in [-0.4, -0.2) is 4.98 Å². The fourth-order valence-electron chi connectivity index (χ4n) is 1.47. The second kappa shape index (κ2) is 4.75. The number of aromatic nitrogens is 1. The molecule has 1 N–H and O–H groups in total. The van der Waals surface area contributed by atoms with Crippen molar-refractivity contribution in [3.05, 3.63) is 59.7 Å². The van der Waals surface area contributed by atoms with Gasteiger partial charge in [-0.15, -0.1) is 0 Å². The van der Waals surface area contributed by atoms with Crippen LogP contribution in [0.15, 0.2) is 42.6 Å². The topological polar surface area (TPSA) is 24.9 Å². The maximum atomic E-state index is 12.7. The smallest absolute Gasteiger partial charge is 0.123 e. The molecule has 0 bridgehead atoms. The number of rotatable bonds is 3. The van der Waals surface area contributed by atoms with Gasteiger partial charge in [-0.05, 0) is 36.8 Å². The van der Waals surface area contributed by atoms with Crippen molar-refractivity contribution in [2.75, 3.05) is 5.32 Å². The zero-order valence-corrected chi connectivity index (χ0v) is 9.07. The Kier molecular flexibility index (Phi) is 3.15. The molecule has 1 heterocycles. The summed E-state index contributed by atoms with van der Waals surface area (Å²) < 4.78 is 12.7. The van der Waals surface area contributed by atoms with E-state index in [4.69, 9.17) is 0 Å². The molecular weight excluding hydrogens is 203 g/mol. The molecule has 0 fully saturated rings. The number of pyridine rings is 1. The first-order valence-corrected chi connectivity index (χ1v) is 5.15. The predicted molar refractivity (Wildman–Crippen MR) is 62.7 cm³/mol. The molecule has 0 amide bonds. The minimum Gasteiger partial charge on any atom is -0.380 e. The van der Waals surface area contributed by atoms with Crippen LogP contribution in [-0.2, 0) is 6.54 Å². The van der Waals surface area contributed by atoms with E-state index in [0.29, 0.717) is 6.54 Å². The van der Waals surface area contributed by atoms with Crippen molar-refractivity contribution >= 4 is 5.69 Å². The van der Waals surface area contributed by atoms with Gasteiger partial charge in [-0.2, -0.15) is 0 Å². The maximum absolute atomic E-state index is 12.7. The highest BCUT2D eigenvalue weighted by Crippen LogP contribution is 2.12. The highest BCUT2D eigenvalue weighted by Gasteiger charge is 1.98. The fraction of sp³-hybridized carbons (Fsp3) is 0.154. The molecule has 0 aliphatic heterocycles. The zero-order valence-electron chi connectivity index (χ0n) is 9.07. The first kappa shape index (κ1) is 10.6. The van der Waals surface area contributed by atoms with Gasteiger partial charge in [0.2, 0.25) is 0 Å². The van der Waals surface area contributed by atoms with E-state index in [1.165, 1.54) is 12.1 Å². The molecule has 2 rings (SSSR count). The third kappa shape index (κ3) is 2.57. The molecule has 0 radical (unpaired) electrons. The Morgan fingerprint density at radius 1 is 1.19 bits per heavy atom. The molecule has 0 unspecified atom stereocenters. The second-order valence-corrected chi connectivity index (χ2v) is 3.62. The molecule has 0 saturated carbocycles. The Morgan fingerprint density at radius 3 is 2.62 bits per heavy atom. The number of halogens is 1. The summed E-state index contributed by atoms with van der Waals surface area (Å²) in [5.74, 6) is -0.207. The predicted octanol–water partition coefficient (Wildman–Crippen LogP) is 3.14. The van der Waals surface area contributed by atoms with Crippen LogP contribution in [0.1, 0.15) is 11.3 Å². The number of nitrogens with one attached hydrogen (secondary N) is 1. The van der Waals surface area contributed by atoms with E-state index in [1.807, 2.05) is 19.1 Å². The number of anilines is 1. The van der Waals surface area contributed by atoms with E-state index < -0.39 is 0 Å². The summed E-state index contributed by atoms with van der Waals surface area (Å²) in [6, 6.07) is 10.3. The first-order valence-electron chi connectivity index (χ1n) is 5.15. The summed E-state index contributed by atoms with van der Waals surface area (Å²) in [7, 11) is 0. The Morgan fingerprint density at radius 2 is 1.94 bits per heavy atom. The van der Waals surface area contributed by atoms with Crippen LogP contribution in [0.5, 0.6) is 0 Å². The Bertz CT molecular complexity index is 466. The fourth-order valence-corrected chi connectivity index (χ4v) is 1.47. The standard InChI is InChI=1S/C13H13FN2/c1-10-13(3-2-8-15-10)16-9-11-4-6-12(14)7-5-11/h2-8,16H,9H2,1H3. The number of aryl methyl sites for hydroxylation is 1. The summed E-state index contributed by atoms with van der Waals surface area (Å²) in [6.45, 7) is 2.62. The highest BCUT2D eigenvalue weighted by atomic mass is 19.1. The van der Waals surface area contributed by atoms with Gasteiger partial charge in [0.05, 0.1) is 11.4 Å². The van der Waals surface area contributed by atoms with Crippen LogP contribution >= 0.6 is 0 Å². The van der Waals surface area contributed by atoms with Crippen LogP contribution in [0, 0.1) is 12.7 Å². The summed E-state index contributed by atoms with van der Waals surface area (Å²) in [5, 5.41) is 3.26. The van der Waals surface area contributed by atoms with Gasteiger partial charge in [0.25, 0.3) is 0 Å². The minimum atomic E-state index is -0.207. The van der Waals surface area contributed by atoms with Gasteiger partial charge in [-0.3, -0.25) is 4.98 Å². The Balaban J connectivity index is 2.02. The van der Waals surface area contributed by atoms with Crippen LogP contribution in [0.2, 0.25) is 0 Å². The van der Waals surface area contributed by atoms with E-state index in [0.717, 1.165) is 16.9 Å². The average Bonchev–Trinajstić information content (AvgIpc) is 2.30. The summed E-state index contributed by atoms with van der Waals surface area (Å²) in [5.41, 5.74) is 3.01. The van der Waals surface area contributed by atoms with E-state index in [2.05, 4.69) is 10.3 Å². The van der Waals surface area contributed by atoms with Crippen molar-refractivity contribution in [3.63, 3.8) is 0 Å². The molecule has 16 heavy (non-hydrogen) atoms. The van der Waals surface area contributed by atoms with Crippen molar-refractivity contribution in [2.24, 2.45) is 0 Å². The van der Waals surface area contributed by atoms with Crippen molar-refractivity contribution in [1.29, 1.82) is 0 Å². The molecule has 0 aliphatic carbocycles. The molecule has 82 valence electrons. The molecular formula is C13H13FN2. The van der Waals surface area contributed by atoms with Gasteiger partial charge in [0.15, 0.2) is 0 Å². The molecule has 2 nitrogen and oxygen atoms in total. The number of hydrogen-bond acceptors (Lipinski definition) is 2. The minimum absolute atomic E-state index is 0.207. The lowest BCUT2D eigenvalue weighted by Gasteiger charge is -2.08. The maximum Gasteiger partial charge on any atom is 0.123 e. The van der Waals surface area contributed by atoms with Crippen molar-refractivity contribution in [2.45, 2.75) is 13.5 Å². The molecule has 2 aromatic rings. The van der Waals surface area contributed by atoms with Crippen molar-refractivity contribution in [1.82, 2.24) is 4.98 Å². The van der Waals surface area contributed by atoms with Crippen molar-refractivity contribution < 1.29 is 4.39 Å². The normalized spacial score (nSPS) is 10.1. The van der Waals surface area contributed by atoms with Gasteiger partial charge in [0, 0.05) is 12.7 Å². The van der Waals surface area contributed by atoms with Gasteiger partial charge >= 0.3 is 0 Å². The molecule has 1 aromatic carbocycles. The first-order chi connectivity index (χ1) is 7.75. The molecule has 0 spiro atoms. The zero-order chi connectivity index (χ0) is 11.4. The third-order valence-electron chi connectivity index (χ3n) is 2.40. The molecule has 0 aliphatic rings. The lowest BCUT2D eigenvalue weighted by molar-refractivity contribution is 0.627. The van der Waals surface area contributed by atoms with Gasteiger partial charge in [-0.1, -0.05) is 12.1 Å². The number of hydrogen-bond donors (Lipinski definition) is 1. The lowest BCUT2D eigenvalue weighted by Crippen LogP contribution is -2.01. The highest BCUT2D eigenvalue weighted by molar-refractivity contribution is 5.47. The Hall–Kier alpha value is -1.90. The average molecular weight is 216 g/mol. The molecule has 0 atom stereocenters. The lowest BCUT2D eigenvalue weighted by atomic mass is 10.2. The number of benzene rings is 1. The van der Waals surface area contributed by atoms with E-state index in [9.17, 15) is 4.39 Å². The summed E-state index contributed by atoms with van der Waals surface area (Å²) >= 11 is 0. The largest absolute Gasteiger partial charge is 0.380 e. The van der Waals surface area contributed by atoms with E-state index >= 15 is 0 Å². The van der Waals surface area contributed by atoms with Gasteiger partial charge in [0.1, 0.15) is 5.82 Å².